The van der Waals surface area contributed by atoms with Gasteiger partial charge in [0, 0.05) is 17.5 Å². The highest BCUT2D eigenvalue weighted by Gasteiger charge is 2.40. The van der Waals surface area contributed by atoms with Crippen LogP contribution in [0, 0.1) is 12.8 Å². The monoisotopic (exact) mass is 279 g/mol. The summed E-state index contributed by atoms with van der Waals surface area (Å²) in [5.41, 5.74) is 8.58. The first-order chi connectivity index (χ1) is 9.14. The third-order valence-corrected chi connectivity index (χ3v) is 4.90. The van der Waals surface area contributed by atoms with Crippen LogP contribution in [0.4, 0.5) is 0 Å². The molecule has 0 unspecified atom stereocenters. The van der Waals surface area contributed by atoms with E-state index in [0.717, 1.165) is 36.1 Å². The Morgan fingerprint density at radius 3 is 2.63 bits per heavy atom. The Kier molecular flexibility index (Phi) is 3.48. The predicted octanol–water partition coefficient (Wildman–Crippen LogP) is 3.82. The minimum absolute atomic E-state index is 0.106. The van der Waals surface area contributed by atoms with E-state index in [2.05, 4.69) is 13.0 Å². The van der Waals surface area contributed by atoms with Crippen molar-refractivity contribution in [3.8, 4) is 5.75 Å². The Morgan fingerprint density at radius 2 is 2.11 bits per heavy atom. The fourth-order valence-corrected chi connectivity index (χ4v) is 3.27. The second kappa shape index (κ2) is 4.99. The van der Waals surface area contributed by atoms with Crippen molar-refractivity contribution < 1.29 is 4.74 Å². The smallest absolute Gasteiger partial charge is 0.141 e. The highest BCUT2D eigenvalue weighted by atomic mass is 35.5. The molecule has 2 aliphatic carbocycles. The van der Waals surface area contributed by atoms with Crippen molar-refractivity contribution in [2.75, 3.05) is 13.2 Å². The molecule has 3 rings (SSSR count). The largest absolute Gasteiger partial charge is 0.491 e. The Hall–Kier alpha value is -0.730. The summed E-state index contributed by atoms with van der Waals surface area (Å²) in [4.78, 5) is 0. The summed E-state index contributed by atoms with van der Waals surface area (Å²) in [7, 11) is 0. The molecule has 0 aliphatic heterocycles. The molecule has 1 aromatic carbocycles. The van der Waals surface area contributed by atoms with E-state index in [0.29, 0.717) is 6.54 Å². The van der Waals surface area contributed by atoms with Crippen LogP contribution in [0.2, 0.25) is 5.02 Å². The van der Waals surface area contributed by atoms with Crippen molar-refractivity contribution in [1.82, 2.24) is 0 Å². The molecular formula is C16H22ClNO. The number of nitrogens with two attached hydrogens (primary N) is 1. The number of benzene rings is 1. The molecule has 0 spiro atoms. The van der Waals surface area contributed by atoms with Gasteiger partial charge >= 0.3 is 0 Å². The van der Waals surface area contributed by atoms with Gasteiger partial charge in [0.1, 0.15) is 5.75 Å². The van der Waals surface area contributed by atoms with E-state index in [-0.39, 0.29) is 5.41 Å². The van der Waals surface area contributed by atoms with Gasteiger partial charge in [0.2, 0.25) is 0 Å². The fourth-order valence-electron chi connectivity index (χ4n) is 2.94. The minimum Gasteiger partial charge on any atom is -0.491 e. The summed E-state index contributed by atoms with van der Waals surface area (Å²) in [6, 6.07) is 4.22. The third-order valence-electron chi connectivity index (χ3n) is 4.62. The van der Waals surface area contributed by atoms with Crippen LogP contribution in [-0.2, 0) is 5.41 Å². The fraction of sp³-hybridized carbons (Fsp3) is 0.625. The first-order valence-electron chi connectivity index (χ1n) is 7.28. The highest BCUT2D eigenvalue weighted by Crippen LogP contribution is 2.49. The second-order valence-electron chi connectivity index (χ2n) is 6.22. The van der Waals surface area contributed by atoms with E-state index in [4.69, 9.17) is 22.1 Å². The van der Waals surface area contributed by atoms with Crippen molar-refractivity contribution >= 4 is 11.6 Å². The minimum atomic E-state index is 0.106. The lowest BCUT2D eigenvalue weighted by Crippen LogP contribution is -2.42. The molecule has 2 fully saturated rings. The zero-order valence-electron chi connectivity index (χ0n) is 11.5. The van der Waals surface area contributed by atoms with E-state index in [1.165, 1.54) is 30.4 Å². The van der Waals surface area contributed by atoms with Crippen LogP contribution >= 0.6 is 11.6 Å². The van der Waals surface area contributed by atoms with E-state index >= 15 is 0 Å². The Labute approximate surface area is 120 Å². The average molecular weight is 280 g/mol. The van der Waals surface area contributed by atoms with Crippen LogP contribution in [0.3, 0.4) is 0 Å². The summed E-state index contributed by atoms with van der Waals surface area (Å²) in [6.45, 7) is 3.58. The number of ether oxygens (including phenoxy) is 1. The van der Waals surface area contributed by atoms with E-state index in [1.807, 2.05) is 6.07 Å². The molecule has 104 valence electrons. The van der Waals surface area contributed by atoms with E-state index in [9.17, 15) is 0 Å². The molecule has 0 amide bonds. The molecule has 2 nitrogen and oxygen atoms in total. The highest BCUT2D eigenvalue weighted by molar-refractivity contribution is 6.32. The number of hydrogen-bond donors (Lipinski definition) is 1. The quantitative estimate of drug-likeness (QED) is 0.889. The number of aryl methyl sites for hydroxylation is 1. The molecule has 1 aromatic rings. The molecule has 2 N–H and O–H groups in total. The molecule has 19 heavy (non-hydrogen) atoms. The molecular weight excluding hydrogens is 258 g/mol. The molecule has 0 saturated heterocycles. The van der Waals surface area contributed by atoms with Crippen LogP contribution in [0.25, 0.3) is 0 Å². The number of halogens is 1. The molecule has 2 saturated carbocycles. The van der Waals surface area contributed by atoms with Gasteiger partial charge in [-0.15, -0.1) is 0 Å². The zero-order chi connectivity index (χ0) is 13.5. The summed E-state index contributed by atoms with van der Waals surface area (Å²) in [5, 5.41) is 0.746. The van der Waals surface area contributed by atoms with E-state index in [1.54, 1.807) is 0 Å². The summed E-state index contributed by atoms with van der Waals surface area (Å²) in [6.07, 6.45) is 6.15. The number of rotatable bonds is 5. The first-order valence-corrected chi connectivity index (χ1v) is 7.66. The first kappa shape index (κ1) is 13.3. The Bertz CT molecular complexity index is 472. The SMILES string of the molecule is Cc1cc(Cl)c(OCC2CC2)c(C2(CN)CCC2)c1. The van der Waals surface area contributed by atoms with Gasteiger partial charge in [0.05, 0.1) is 11.6 Å². The maximum absolute atomic E-state index is 6.42. The molecule has 2 aliphatic rings. The van der Waals surface area contributed by atoms with E-state index < -0.39 is 0 Å². The van der Waals surface area contributed by atoms with Crippen LogP contribution in [-0.4, -0.2) is 13.2 Å². The Morgan fingerprint density at radius 1 is 1.37 bits per heavy atom. The lowest BCUT2D eigenvalue weighted by atomic mass is 9.64. The van der Waals surface area contributed by atoms with Crippen LogP contribution in [0.5, 0.6) is 5.75 Å². The standard InChI is InChI=1S/C16H22ClNO/c1-11-7-13(16(10-18)5-2-6-16)15(14(17)8-11)19-9-12-3-4-12/h7-8,12H,2-6,9-10,18H2,1H3. The predicted molar refractivity (Wildman–Crippen MR) is 79.0 cm³/mol. The van der Waals surface area contributed by atoms with Crippen molar-refractivity contribution in [2.24, 2.45) is 11.7 Å². The van der Waals surface area contributed by atoms with Crippen LogP contribution in [0.1, 0.15) is 43.2 Å². The molecule has 0 heterocycles. The second-order valence-corrected chi connectivity index (χ2v) is 6.62. The van der Waals surface area contributed by atoms with Crippen LogP contribution in [0.15, 0.2) is 12.1 Å². The maximum Gasteiger partial charge on any atom is 0.141 e. The molecule has 0 radical (unpaired) electrons. The Balaban J connectivity index is 1.94. The van der Waals surface area contributed by atoms with Gasteiger partial charge in [-0.1, -0.05) is 24.1 Å². The van der Waals surface area contributed by atoms with Crippen LogP contribution < -0.4 is 10.5 Å². The third kappa shape index (κ3) is 2.48. The van der Waals surface area contributed by atoms with Crippen molar-refractivity contribution in [2.45, 2.75) is 44.4 Å². The molecule has 0 atom stereocenters. The average Bonchev–Trinajstić information content (AvgIpc) is 3.11. The van der Waals surface area contributed by atoms with Gasteiger partial charge in [0.15, 0.2) is 0 Å². The van der Waals surface area contributed by atoms with Gasteiger partial charge in [-0.05, 0) is 50.2 Å². The molecule has 0 bridgehead atoms. The topological polar surface area (TPSA) is 35.2 Å². The molecule has 3 heteroatoms. The van der Waals surface area contributed by atoms with Crippen molar-refractivity contribution in [3.05, 3.63) is 28.3 Å². The summed E-state index contributed by atoms with van der Waals surface area (Å²) < 4.78 is 6.04. The normalized spacial score (nSPS) is 21.0. The van der Waals surface area contributed by atoms with Gasteiger partial charge in [-0.2, -0.15) is 0 Å². The summed E-state index contributed by atoms with van der Waals surface area (Å²) >= 11 is 6.42. The summed E-state index contributed by atoms with van der Waals surface area (Å²) in [5.74, 6) is 1.63. The maximum atomic E-state index is 6.42. The molecule has 0 aromatic heterocycles. The zero-order valence-corrected chi connectivity index (χ0v) is 12.3. The lowest BCUT2D eigenvalue weighted by Gasteiger charge is -2.42. The van der Waals surface area contributed by atoms with Gasteiger partial charge < -0.3 is 10.5 Å². The van der Waals surface area contributed by atoms with Gasteiger partial charge in [0.25, 0.3) is 0 Å². The van der Waals surface area contributed by atoms with Crippen molar-refractivity contribution in [3.63, 3.8) is 0 Å². The number of hydrogen-bond acceptors (Lipinski definition) is 2. The lowest BCUT2D eigenvalue weighted by molar-refractivity contribution is 0.231. The van der Waals surface area contributed by atoms with Crippen molar-refractivity contribution in [1.29, 1.82) is 0 Å². The van der Waals surface area contributed by atoms with Gasteiger partial charge in [-0.3, -0.25) is 0 Å². The van der Waals surface area contributed by atoms with Gasteiger partial charge in [-0.25, -0.2) is 0 Å².